The molecule has 0 aliphatic carbocycles. The maximum atomic E-state index is 12.0. The normalized spacial score (nSPS) is 10.1. The Morgan fingerprint density at radius 3 is 2.14 bits per heavy atom. The van der Waals surface area contributed by atoms with Crippen LogP contribution in [0.2, 0.25) is 0 Å². The maximum Gasteiger partial charge on any atom is 0.261 e. The number of benzene rings is 1. The molecule has 0 spiro atoms. The number of rotatable bonds is 5. The monoisotopic (exact) mass is 316 g/mol. The van der Waals surface area contributed by atoms with Gasteiger partial charge in [0.2, 0.25) is 5.91 Å². The highest BCUT2D eigenvalue weighted by Gasteiger charge is 2.11. The lowest BCUT2D eigenvalue weighted by Crippen LogP contribution is -2.21. The van der Waals surface area contributed by atoms with Gasteiger partial charge in [-0.25, -0.2) is 0 Å². The quantitative estimate of drug-likeness (QED) is 0.833. The molecule has 0 saturated carbocycles. The van der Waals surface area contributed by atoms with E-state index in [0.717, 1.165) is 5.56 Å². The molecule has 6 heteroatoms. The van der Waals surface area contributed by atoms with E-state index in [9.17, 15) is 14.4 Å². The lowest BCUT2D eigenvalue weighted by Gasteiger charge is -2.06. The van der Waals surface area contributed by atoms with Gasteiger partial charge in [-0.05, 0) is 36.8 Å². The predicted molar refractivity (Wildman–Crippen MR) is 86.2 cm³/mol. The minimum Gasteiger partial charge on any atom is -0.347 e. The molecule has 0 atom stereocenters. The van der Waals surface area contributed by atoms with Gasteiger partial charge in [-0.3, -0.25) is 14.4 Å². The number of Topliss-reactive ketones (excluding diaryl/α,β-unsaturated/α-hetero) is 1. The fourth-order valence-electron chi connectivity index (χ4n) is 1.83. The number of thiophene rings is 1. The Bertz CT molecular complexity index is 704. The molecule has 1 aromatic carbocycles. The standard InChI is InChI=1S/C16H16N2O3S/c1-10(19)14-7-8-15(22-14)16(21)17-9-12-3-5-13(6-4-12)18-11(2)20/h3-8H,9H2,1-2H3,(H,17,21)(H,18,20). The topological polar surface area (TPSA) is 75.3 Å². The van der Waals surface area contributed by atoms with E-state index >= 15 is 0 Å². The third-order valence-electron chi connectivity index (χ3n) is 2.90. The van der Waals surface area contributed by atoms with Gasteiger partial charge in [0.1, 0.15) is 0 Å². The molecule has 2 N–H and O–H groups in total. The summed E-state index contributed by atoms with van der Waals surface area (Å²) in [5.74, 6) is -0.374. The molecule has 0 aliphatic rings. The minimum atomic E-state index is -0.205. The van der Waals surface area contributed by atoms with Crippen LogP contribution in [0.1, 0.15) is 38.8 Å². The van der Waals surface area contributed by atoms with Crippen molar-refractivity contribution >= 4 is 34.6 Å². The van der Waals surface area contributed by atoms with Crippen molar-refractivity contribution in [1.82, 2.24) is 5.32 Å². The number of hydrogen-bond acceptors (Lipinski definition) is 4. The van der Waals surface area contributed by atoms with Crippen molar-refractivity contribution in [2.45, 2.75) is 20.4 Å². The Morgan fingerprint density at radius 1 is 0.955 bits per heavy atom. The second-order valence-electron chi connectivity index (χ2n) is 4.78. The van der Waals surface area contributed by atoms with Gasteiger partial charge in [-0.1, -0.05) is 12.1 Å². The SMILES string of the molecule is CC(=O)Nc1ccc(CNC(=O)c2ccc(C(C)=O)s2)cc1. The highest BCUT2D eigenvalue weighted by atomic mass is 32.1. The van der Waals surface area contributed by atoms with Crippen LogP contribution in [-0.4, -0.2) is 17.6 Å². The zero-order valence-electron chi connectivity index (χ0n) is 12.3. The van der Waals surface area contributed by atoms with Crippen molar-refractivity contribution in [2.75, 3.05) is 5.32 Å². The summed E-state index contributed by atoms with van der Waals surface area (Å²) >= 11 is 1.18. The molecule has 0 unspecified atom stereocenters. The molecule has 2 rings (SSSR count). The van der Waals surface area contributed by atoms with Crippen molar-refractivity contribution < 1.29 is 14.4 Å². The van der Waals surface area contributed by atoms with Crippen molar-refractivity contribution in [1.29, 1.82) is 0 Å². The van der Waals surface area contributed by atoms with Crippen molar-refractivity contribution in [3.8, 4) is 0 Å². The van der Waals surface area contributed by atoms with Gasteiger partial charge in [-0.15, -0.1) is 11.3 Å². The van der Waals surface area contributed by atoms with Gasteiger partial charge in [0.05, 0.1) is 9.75 Å². The number of carbonyl (C=O) groups excluding carboxylic acids is 3. The second-order valence-corrected chi connectivity index (χ2v) is 5.86. The fourth-order valence-corrected chi connectivity index (χ4v) is 2.65. The van der Waals surface area contributed by atoms with Crippen LogP contribution in [0.4, 0.5) is 5.69 Å². The van der Waals surface area contributed by atoms with Gasteiger partial charge in [0, 0.05) is 19.2 Å². The zero-order valence-corrected chi connectivity index (χ0v) is 13.1. The largest absolute Gasteiger partial charge is 0.347 e. The molecular formula is C16H16N2O3S. The first-order valence-electron chi connectivity index (χ1n) is 6.71. The van der Waals surface area contributed by atoms with Crippen LogP contribution >= 0.6 is 11.3 Å². The smallest absolute Gasteiger partial charge is 0.261 e. The highest BCUT2D eigenvalue weighted by molar-refractivity contribution is 7.15. The van der Waals surface area contributed by atoms with Crippen LogP contribution in [0.25, 0.3) is 0 Å². The van der Waals surface area contributed by atoms with E-state index in [1.165, 1.54) is 25.2 Å². The summed E-state index contributed by atoms with van der Waals surface area (Å²) in [6.07, 6.45) is 0. The zero-order chi connectivity index (χ0) is 16.1. The van der Waals surface area contributed by atoms with Crippen LogP contribution in [0.5, 0.6) is 0 Å². The summed E-state index contributed by atoms with van der Waals surface area (Å²) in [6, 6.07) is 10.5. The van der Waals surface area contributed by atoms with Crippen molar-refractivity contribution in [2.24, 2.45) is 0 Å². The van der Waals surface area contributed by atoms with E-state index in [1.807, 2.05) is 12.1 Å². The van der Waals surface area contributed by atoms with E-state index in [2.05, 4.69) is 10.6 Å². The average Bonchev–Trinajstić information content (AvgIpc) is 2.96. The van der Waals surface area contributed by atoms with Gasteiger partial charge >= 0.3 is 0 Å². The first kappa shape index (κ1) is 15.9. The van der Waals surface area contributed by atoms with Crippen LogP contribution in [-0.2, 0) is 11.3 Å². The molecule has 2 amide bonds. The third kappa shape index (κ3) is 4.26. The van der Waals surface area contributed by atoms with Crippen molar-refractivity contribution in [3.05, 3.63) is 51.7 Å². The Kier molecular flexibility index (Phi) is 5.06. The molecule has 0 saturated heterocycles. The van der Waals surface area contributed by atoms with E-state index in [0.29, 0.717) is 22.0 Å². The molecule has 22 heavy (non-hydrogen) atoms. The lowest BCUT2D eigenvalue weighted by molar-refractivity contribution is -0.114. The molecule has 114 valence electrons. The maximum absolute atomic E-state index is 12.0. The molecule has 2 aromatic rings. The molecule has 0 bridgehead atoms. The second kappa shape index (κ2) is 7.00. The Hall–Kier alpha value is -2.47. The first-order chi connectivity index (χ1) is 10.5. The van der Waals surface area contributed by atoms with E-state index in [1.54, 1.807) is 24.3 Å². The lowest BCUT2D eigenvalue weighted by atomic mass is 10.2. The number of anilines is 1. The van der Waals surface area contributed by atoms with E-state index < -0.39 is 0 Å². The Morgan fingerprint density at radius 2 is 1.59 bits per heavy atom. The first-order valence-corrected chi connectivity index (χ1v) is 7.53. The van der Waals surface area contributed by atoms with Gasteiger partial charge in [0.15, 0.2) is 5.78 Å². The van der Waals surface area contributed by atoms with E-state index in [4.69, 9.17) is 0 Å². The highest BCUT2D eigenvalue weighted by Crippen LogP contribution is 2.17. The summed E-state index contributed by atoms with van der Waals surface area (Å²) < 4.78 is 0. The van der Waals surface area contributed by atoms with Crippen molar-refractivity contribution in [3.63, 3.8) is 0 Å². The van der Waals surface area contributed by atoms with Crippen LogP contribution in [0.3, 0.4) is 0 Å². The molecule has 0 fully saturated rings. The van der Waals surface area contributed by atoms with Gasteiger partial charge < -0.3 is 10.6 Å². The average molecular weight is 316 g/mol. The summed E-state index contributed by atoms with van der Waals surface area (Å²) in [6.45, 7) is 3.31. The Balaban J connectivity index is 1.92. The van der Waals surface area contributed by atoms with Gasteiger partial charge in [0.25, 0.3) is 5.91 Å². The summed E-state index contributed by atoms with van der Waals surface area (Å²) in [4.78, 5) is 35.2. The number of ketones is 1. The molecule has 5 nitrogen and oxygen atoms in total. The predicted octanol–water partition coefficient (Wildman–Crippen LogP) is 2.84. The van der Waals surface area contributed by atoms with Crippen LogP contribution in [0, 0.1) is 0 Å². The molecule has 0 aliphatic heterocycles. The number of amides is 2. The molecule has 1 heterocycles. The number of hydrogen-bond donors (Lipinski definition) is 2. The molecule has 0 radical (unpaired) electrons. The summed E-state index contributed by atoms with van der Waals surface area (Å²) in [7, 11) is 0. The summed E-state index contributed by atoms with van der Waals surface area (Å²) in [5.41, 5.74) is 1.64. The van der Waals surface area contributed by atoms with Gasteiger partial charge in [-0.2, -0.15) is 0 Å². The molecule has 1 aromatic heterocycles. The van der Waals surface area contributed by atoms with Crippen LogP contribution < -0.4 is 10.6 Å². The van der Waals surface area contributed by atoms with Crippen LogP contribution in [0.15, 0.2) is 36.4 Å². The Labute approximate surface area is 132 Å². The third-order valence-corrected chi connectivity index (χ3v) is 4.09. The number of carbonyl (C=O) groups is 3. The molecular weight excluding hydrogens is 300 g/mol. The minimum absolute atomic E-state index is 0.0439. The number of nitrogens with one attached hydrogen (secondary N) is 2. The van der Waals surface area contributed by atoms with E-state index in [-0.39, 0.29) is 17.6 Å². The fraction of sp³-hybridized carbons (Fsp3) is 0.188. The summed E-state index contributed by atoms with van der Waals surface area (Å²) in [5, 5.41) is 5.48.